The molecule has 1 fully saturated rings. The Bertz CT molecular complexity index is 186. The fourth-order valence-electron chi connectivity index (χ4n) is 2.03. The molecule has 1 aliphatic rings. The van der Waals surface area contributed by atoms with Crippen molar-refractivity contribution < 1.29 is 0 Å². The third kappa shape index (κ3) is 5.80. The van der Waals surface area contributed by atoms with Gasteiger partial charge in [-0.15, -0.1) is 0 Å². The van der Waals surface area contributed by atoms with Crippen LogP contribution in [0.4, 0.5) is 0 Å². The van der Waals surface area contributed by atoms with E-state index in [0.717, 1.165) is 39.3 Å². The minimum atomic E-state index is 0.586. The monoisotopic (exact) mass is 228 g/mol. The van der Waals surface area contributed by atoms with E-state index in [-0.39, 0.29) is 0 Å². The van der Waals surface area contributed by atoms with Crippen molar-refractivity contribution in [2.24, 2.45) is 0 Å². The zero-order valence-corrected chi connectivity index (χ0v) is 11.4. The molecule has 96 valence electrons. The molecule has 1 rings (SSSR count). The van der Waals surface area contributed by atoms with E-state index in [1.165, 1.54) is 6.54 Å². The van der Waals surface area contributed by atoms with Crippen molar-refractivity contribution in [2.75, 3.05) is 67.0 Å². The van der Waals surface area contributed by atoms with Crippen LogP contribution >= 0.6 is 0 Å². The normalized spacial score (nSPS) is 29.6. The molecule has 16 heavy (non-hydrogen) atoms. The van der Waals surface area contributed by atoms with Gasteiger partial charge in [-0.2, -0.15) is 0 Å². The van der Waals surface area contributed by atoms with E-state index in [9.17, 15) is 0 Å². The van der Waals surface area contributed by atoms with Crippen LogP contribution in [0.1, 0.15) is 6.92 Å². The highest BCUT2D eigenvalue weighted by Gasteiger charge is 2.09. The fourth-order valence-corrected chi connectivity index (χ4v) is 2.03. The third-order valence-corrected chi connectivity index (χ3v) is 3.30. The second-order valence-corrected chi connectivity index (χ2v) is 5.22. The summed E-state index contributed by atoms with van der Waals surface area (Å²) in [4.78, 5) is 7.24. The summed E-state index contributed by atoms with van der Waals surface area (Å²) in [7, 11) is 6.64. The quantitative estimate of drug-likeness (QED) is 0.618. The predicted octanol–water partition coefficient (Wildman–Crippen LogP) is -0.226. The van der Waals surface area contributed by atoms with Crippen LogP contribution in [0.2, 0.25) is 0 Å². The van der Waals surface area contributed by atoms with Crippen molar-refractivity contribution in [3.05, 3.63) is 0 Å². The van der Waals surface area contributed by atoms with E-state index in [2.05, 4.69) is 48.1 Å². The van der Waals surface area contributed by atoms with Crippen LogP contribution in [0.25, 0.3) is 0 Å². The highest BCUT2D eigenvalue weighted by Crippen LogP contribution is 1.93. The Morgan fingerprint density at radius 3 is 1.94 bits per heavy atom. The average molecular weight is 228 g/mol. The van der Waals surface area contributed by atoms with Gasteiger partial charge in [0, 0.05) is 51.9 Å². The highest BCUT2D eigenvalue weighted by molar-refractivity contribution is 4.69. The number of likely N-dealkylation sites (N-methyl/N-ethyl adjacent to an activating group) is 3. The van der Waals surface area contributed by atoms with E-state index in [1.807, 2.05) is 0 Å². The molecule has 4 nitrogen and oxygen atoms in total. The van der Waals surface area contributed by atoms with E-state index < -0.39 is 0 Å². The molecular weight excluding hydrogens is 200 g/mol. The summed E-state index contributed by atoms with van der Waals surface area (Å²) in [6.07, 6.45) is 0. The Morgan fingerprint density at radius 1 is 0.812 bits per heavy atom. The molecule has 1 N–H and O–H groups in total. The minimum Gasteiger partial charge on any atom is -0.312 e. The molecule has 0 amide bonds. The lowest BCUT2D eigenvalue weighted by molar-refractivity contribution is 0.206. The summed E-state index contributed by atoms with van der Waals surface area (Å²) in [5, 5.41) is 3.58. The third-order valence-electron chi connectivity index (χ3n) is 3.30. The van der Waals surface area contributed by atoms with Gasteiger partial charge < -0.3 is 20.0 Å². The van der Waals surface area contributed by atoms with Crippen LogP contribution in [0, 0.1) is 0 Å². The van der Waals surface area contributed by atoms with Gasteiger partial charge in [-0.3, -0.25) is 0 Å². The number of nitrogens with zero attached hydrogens (tertiary/aromatic N) is 3. The molecular formula is C12H28N4. The maximum absolute atomic E-state index is 3.58. The largest absolute Gasteiger partial charge is 0.312 e. The fraction of sp³-hybridized carbons (Fsp3) is 1.00. The number of hydrogen-bond donors (Lipinski definition) is 1. The van der Waals surface area contributed by atoms with Gasteiger partial charge in [0.1, 0.15) is 0 Å². The average Bonchev–Trinajstić information content (AvgIpc) is 2.22. The van der Waals surface area contributed by atoms with Crippen molar-refractivity contribution in [1.82, 2.24) is 20.0 Å². The Labute approximate surface area is 101 Å². The van der Waals surface area contributed by atoms with Crippen molar-refractivity contribution in [1.29, 1.82) is 0 Å². The maximum Gasteiger partial charge on any atom is 0.0167 e. The Hall–Kier alpha value is -0.160. The second-order valence-electron chi connectivity index (χ2n) is 5.22. The van der Waals surface area contributed by atoms with E-state index in [1.54, 1.807) is 0 Å². The maximum atomic E-state index is 3.58. The SMILES string of the molecule is CC1CN(C)CCN(C)CCN(C)CCN1. The first-order valence-corrected chi connectivity index (χ1v) is 6.37. The van der Waals surface area contributed by atoms with Gasteiger partial charge in [0.25, 0.3) is 0 Å². The zero-order valence-electron chi connectivity index (χ0n) is 11.4. The summed E-state index contributed by atoms with van der Waals surface area (Å²) in [6.45, 7) is 10.3. The Balaban J connectivity index is 2.40. The van der Waals surface area contributed by atoms with Crippen LogP contribution in [-0.4, -0.2) is 87.7 Å². The van der Waals surface area contributed by atoms with Crippen LogP contribution in [0.3, 0.4) is 0 Å². The van der Waals surface area contributed by atoms with Gasteiger partial charge in [-0.25, -0.2) is 0 Å². The van der Waals surface area contributed by atoms with Crippen LogP contribution in [-0.2, 0) is 0 Å². The van der Waals surface area contributed by atoms with Gasteiger partial charge in [-0.05, 0) is 28.1 Å². The van der Waals surface area contributed by atoms with Gasteiger partial charge in [0.2, 0.25) is 0 Å². The standard InChI is InChI=1S/C12H28N4/c1-12-11-16(4)10-9-15(3)8-7-14(2)6-5-13-12/h12-13H,5-11H2,1-4H3. The predicted molar refractivity (Wildman–Crippen MR) is 70.0 cm³/mol. The molecule has 1 unspecified atom stereocenters. The molecule has 0 aromatic heterocycles. The second kappa shape index (κ2) is 7.22. The summed E-state index contributed by atoms with van der Waals surface area (Å²) in [5.41, 5.74) is 0. The van der Waals surface area contributed by atoms with Crippen molar-refractivity contribution in [3.63, 3.8) is 0 Å². The molecule has 0 aromatic carbocycles. The lowest BCUT2D eigenvalue weighted by Crippen LogP contribution is -2.45. The molecule has 0 spiro atoms. The molecule has 0 aromatic rings. The molecule has 1 atom stereocenters. The Morgan fingerprint density at radius 2 is 1.31 bits per heavy atom. The summed E-state index contributed by atoms with van der Waals surface area (Å²) in [5.74, 6) is 0. The van der Waals surface area contributed by atoms with Crippen molar-refractivity contribution in [2.45, 2.75) is 13.0 Å². The lowest BCUT2D eigenvalue weighted by Gasteiger charge is -2.28. The van der Waals surface area contributed by atoms with Crippen LogP contribution in [0.15, 0.2) is 0 Å². The number of hydrogen-bond acceptors (Lipinski definition) is 4. The molecule has 1 heterocycles. The Kier molecular flexibility index (Phi) is 6.28. The van der Waals surface area contributed by atoms with Crippen LogP contribution in [0.5, 0.6) is 0 Å². The molecule has 0 radical (unpaired) electrons. The smallest absolute Gasteiger partial charge is 0.0167 e. The van der Waals surface area contributed by atoms with E-state index in [4.69, 9.17) is 0 Å². The highest BCUT2D eigenvalue weighted by atomic mass is 15.2. The van der Waals surface area contributed by atoms with Gasteiger partial charge in [-0.1, -0.05) is 0 Å². The molecule has 1 aliphatic heterocycles. The van der Waals surface area contributed by atoms with Gasteiger partial charge in [0.15, 0.2) is 0 Å². The molecule has 1 saturated heterocycles. The van der Waals surface area contributed by atoms with E-state index >= 15 is 0 Å². The van der Waals surface area contributed by atoms with Crippen LogP contribution < -0.4 is 5.32 Å². The van der Waals surface area contributed by atoms with E-state index in [0.29, 0.717) is 6.04 Å². The first-order chi connectivity index (χ1) is 7.58. The summed E-state index contributed by atoms with van der Waals surface area (Å²) in [6, 6.07) is 0.586. The minimum absolute atomic E-state index is 0.586. The first-order valence-electron chi connectivity index (χ1n) is 6.37. The molecule has 0 aliphatic carbocycles. The topological polar surface area (TPSA) is 21.8 Å². The molecule has 0 bridgehead atoms. The molecule has 0 saturated carbocycles. The van der Waals surface area contributed by atoms with Crippen molar-refractivity contribution in [3.8, 4) is 0 Å². The first kappa shape index (κ1) is 13.9. The van der Waals surface area contributed by atoms with Gasteiger partial charge >= 0.3 is 0 Å². The number of nitrogens with one attached hydrogen (secondary N) is 1. The number of rotatable bonds is 0. The van der Waals surface area contributed by atoms with Crippen molar-refractivity contribution >= 4 is 0 Å². The zero-order chi connectivity index (χ0) is 12.0. The molecule has 4 heteroatoms. The van der Waals surface area contributed by atoms with Gasteiger partial charge in [0.05, 0.1) is 0 Å². The summed E-state index contributed by atoms with van der Waals surface area (Å²) >= 11 is 0. The summed E-state index contributed by atoms with van der Waals surface area (Å²) < 4.78 is 0. The lowest BCUT2D eigenvalue weighted by atomic mass is 10.3.